The van der Waals surface area contributed by atoms with Gasteiger partial charge in [0.25, 0.3) is 0 Å². The van der Waals surface area contributed by atoms with Crippen molar-refractivity contribution in [3.05, 3.63) is 0 Å². The quantitative estimate of drug-likeness (QED) is 0.148. The second kappa shape index (κ2) is 19.8. The first kappa shape index (κ1) is 20.6. The van der Waals surface area contributed by atoms with Crippen LogP contribution in [0.3, 0.4) is 0 Å². The molecule has 14 heavy (non-hydrogen) atoms. The summed E-state index contributed by atoms with van der Waals surface area (Å²) in [7, 11) is 0. The van der Waals surface area contributed by atoms with Crippen LogP contribution in [0.5, 0.6) is 0 Å². The summed E-state index contributed by atoms with van der Waals surface area (Å²) in [5, 5.41) is 2.29. The molecule has 0 aliphatic rings. The fraction of sp³-hybridized carbons (Fsp3) is 0.857. The van der Waals surface area contributed by atoms with Gasteiger partial charge in [-0.1, -0.05) is 11.2 Å². The Morgan fingerprint density at radius 1 is 1.57 bits per heavy atom. The number of thiocarbonyl (C=S) groups is 1. The summed E-state index contributed by atoms with van der Waals surface area (Å²) in [5.74, 6) is 0.771. The van der Waals surface area contributed by atoms with Gasteiger partial charge in [0.15, 0.2) is 0 Å². The number of rotatable bonds is 5. The van der Waals surface area contributed by atoms with Crippen molar-refractivity contribution in [2.24, 2.45) is 4.99 Å². The Morgan fingerprint density at radius 3 is 2.43 bits per heavy atom. The third kappa shape index (κ3) is 29.2. The molecule has 1 unspecified atom stereocenters. The minimum atomic E-state index is -0.659. The summed E-state index contributed by atoms with van der Waals surface area (Å²) >= 11 is 4.22. The molecule has 1 atom stereocenters. The summed E-state index contributed by atoms with van der Waals surface area (Å²) in [6.07, 6.45) is 5.12. The molecule has 0 saturated carbocycles. The molecule has 0 bridgehead atoms. The summed E-state index contributed by atoms with van der Waals surface area (Å²) in [6.45, 7) is 0.723. The van der Waals surface area contributed by atoms with Gasteiger partial charge in [0, 0.05) is 6.54 Å². The van der Waals surface area contributed by atoms with Gasteiger partial charge in [-0.25, -0.2) is 4.99 Å². The van der Waals surface area contributed by atoms with E-state index in [1.165, 1.54) is 6.26 Å². The minimum absolute atomic E-state index is 0. The molecule has 0 aliphatic heterocycles. The standard InChI is InChI=1S/C6H11NOS2.CH3OS.Na/c1-10(8)5-3-2-4-7-6-9;1-3-2;/h2-5H2,1H3;1H3;/q;-1;+1. The van der Waals surface area contributed by atoms with E-state index in [-0.39, 0.29) is 29.6 Å². The summed E-state index contributed by atoms with van der Waals surface area (Å²) < 4.78 is 19.4. The van der Waals surface area contributed by atoms with Gasteiger partial charge < -0.3 is 20.4 Å². The Kier molecular flexibility index (Phi) is 29.2. The van der Waals surface area contributed by atoms with Gasteiger partial charge in [-0.05, 0) is 25.1 Å². The third-order valence-electron chi connectivity index (χ3n) is 1.02. The second-order valence-corrected chi connectivity index (χ2v) is 4.19. The minimum Gasteiger partial charge on any atom is -0.617 e. The van der Waals surface area contributed by atoms with E-state index in [2.05, 4.69) is 22.4 Å². The average Bonchev–Trinajstić information content (AvgIpc) is 2.05. The molecule has 0 aromatic carbocycles. The van der Waals surface area contributed by atoms with Crippen molar-refractivity contribution in [3.8, 4) is 0 Å². The first-order valence-corrected chi connectivity index (χ1v) is 6.97. The molecule has 7 heteroatoms. The van der Waals surface area contributed by atoms with E-state index in [0.717, 1.165) is 25.1 Å². The van der Waals surface area contributed by atoms with E-state index in [0.29, 0.717) is 11.7 Å². The molecule has 0 spiro atoms. The molecule has 0 aromatic heterocycles. The number of aliphatic imine (C=N–C) groups is 1. The van der Waals surface area contributed by atoms with Crippen LogP contribution in [-0.2, 0) is 27.1 Å². The molecule has 0 radical (unpaired) electrons. The van der Waals surface area contributed by atoms with Gasteiger partial charge >= 0.3 is 29.6 Å². The van der Waals surface area contributed by atoms with Gasteiger partial charge in [0.05, 0.1) is 11.4 Å². The molecule has 3 nitrogen and oxygen atoms in total. The molecular formula is C7H14NNaO2S3. The van der Waals surface area contributed by atoms with Crippen LogP contribution in [-0.4, -0.2) is 34.5 Å². The van der Waals surface area contributed by atoms with Crippen LogP contribution in [0.15, 0.2) is 4.99 Å². The van der Waals surface area contributed by atoms with E-state index in [1.54, 1.807) is 6.26 Å². The fourth-order valence-electron chi connectivity index (χ4n) is 0.542. The normalized spacial score (nSPS) is 9.93. The SMILES string of the molecule is C[S+]([O-])CCCCN=C=S.C[S-]=O.[Na+]. The van der Waals surface area contributed by atoms with Crippen LogP contribution in [0.25, 0.3) is 0 Å². The van der Waals surface area contributed by atoms with Crippen molar-refractivity contribution < 1.29 is 38.3 Å². The predicted molar refractivity (Wildman–Crippen MR) is 62.0 cm³/mol. The summed E-state index contributed by atoms with van der Waals surface area (Å²) in [4.78, 5) is 3.73. The maximum atomic E-state index is 10.5. The first-order chi connectivity index (χ1) is 6.18. The first-order valence-electron chi connectivity index (χ1n) is 3.68. The molecule has 0 saturated heterocycles. The number of nitrogens with zero attached hydrogens (tertiary/aromatic N) is 1. The molecule has 78 valence electrons. The average molecular weight is 263 g/mol. The van der Waals surface area contributed by atoms with Crippen molar-refractivity contribution in [1.82, 2.24) is 0 Å². The largest absolute Gasteiger partial charge is 1.00 e. The van der Waals surface area contributed by atoms with Crippen LogP contribution in [0.1, 0.15) is 12.8 Å². The number of hydrogen-bond acceptors (Lipinski definition) is 5. The summed E-state index contributed by atoms with van der Waals surface area (Å²) in [6, 6.07) is 0. The smallest absolute Gasteiger partial charge is 0.617 e. The molecule has 0 rings (SSSR count). The maximum Gasteiger partial charge on any atom is 1.00 e. The van der Waals surface area contributed by atoms with Gasteiger partial charge in [-0.3, -0.25) is 0 Å². The van der Waals surface area contributed by atoms with E-state index < -0.39 is 11.2 Å². The molecule has 0 aromatic rings. The van der Waals surface area contributed by atoms with Gasteiger partial charge in [-0.15, -0.1) is 6.26 Å². The molecule has 0 amide bonds. The van der Waals surface area contributed by atoms with E-state index in [1.807, 2.05) is 0 Å². The molecule has 0 aliphatic carbocycles. The fourth-order valence-corrected chi connectivity index (χ4v) is 1.24. The topological polar surface area (TPSA) is 52.5 Å². The molecule has 0 N–H and O–H groups in total. The Hall–Kier alpha value is 1.26. The van der Waals surface area contributed by atoms with Crippen molar-refractivity contribution in [1.29, 1.82) is 0 Å². The van der Waals surface area contributed by atoms with E-state index in [4.69, 9.17) is 4.21 Å². The van der Waals surface area contributed by atoms with E-state index >= 15 is 0 Å². The monoisotopic (exact) mass is 263 g/mol. The molecular weight excluding hydrogens is 249 g/mol. The van der Waals surface area contributed by atoms with Crippen molar-refractivity contribution in [3.63, 3.8) is 0 Å². The Balaban J connectivity index is -0.000000267. The zero-order valence-corrected chi connectivity index (χ0v) is 13.3. The van der Waals surface area contributed by atoms with Crippen LogP contribution in [0.4, 0.5) is 0 Å². The van der Waals surface area contributed by atoms with Crippen LogP contribution in [0.2, 0.25) is 0 Å². The van der Waals surface area contributed by atoms with Gasteiger partial charge in [0.2, 0.25) is 0 Å². The Labute approximate surface area is 120 Å². The molecule has 0 heterocycles. The number of unbranched alkanes of at least 4 members (excludes halogenated alkanes) is 1. The van der Waals surface area contributed by atoms with Gasteiger partial charge in [0.1, 0.15) is 5.75 Å². The Bertz CT molecular complexity index is 163. The second-order valence-electron chi connectivity index (χ2n) is 2.12. The van der Waals surface area contributed by atoms with Crippen LogP contribution < -0.4 is 29.6 Å². The zero-order chi connectivity index (χ0) is 10.5. The predicted octanol–water partition coefficient (Wildman–Crippen LogP) is -1.70. The van der Waals surface area contributed by atoms with Crippen molar-refractivity contribution >= 4 is 40.2 Å². The van der Waals surface area contributed by atoms with Crippen molar-refractivity contribution in [2.75, 3.05) is 24.8 Å². The van der Waals surface area contributed by atoms with Crippen molar-refractivity contribution in [2.45, 2.75) is 12.8 Å². The zero-order valence-electron chi connectivity index (χ0n) is 8.82. The molecule has 0 fully saturated rings. The number of hydrogen-bond donors (Lipinski definition) is 0. The van der Waals surface area contributed by atoms with E-state index in [9.17, 15) is 4.55 Å². The Morgan fingerprint density at radius 2 is 2.07 bits per heavy atom. The number of isothiocyanates is 1. The maximum absolute atomic E-state index is 10.5. The van der Waals surface area contributed by atoms with Crippen LogP contribution >= 0.6 is 12.2 Å². The third-order valence-corrected chi connectivity index (χ3v) is 2.01. The van der Waals surface area contributed by atoms with Gasteiger partial charge in [-0.2, -0.15) is 0 Å². The van der Waals surface area contributed by atoms with Crippen LogP contribution in [0, 0.1) is 0 Å². The summed E-state index contributed by atoms with van der Waals surface area (Å²) in [5.41, 5.74) is 0.